The molecule has 0 unspecified atom stereocenters. The van der Waals surface area contributed by atoms with E-state index in [9.17, 15) is 4.79 Å². The van der Waals surface area contributed by atoms with Crippen LogP contribution in [0.15, 0.2) is 34.0 Å². The van der Waals surface area contributed by atoms with Crippen molar-refractivity contribution in [1.29, 1.82) is 0 Å². The topological polar surface area (TPSA) is 140 Å². The van der Waals surface area contributed by atoms with E-state index in [1.807, 2.05) is 18.2 Å². The maximum atomic E-state index is 13.1. The lowest BCUT2D eigenvalue weighted by Crippen LogP contribution is -2.26. The third-order valence-electron chi connectivity index (χ3n) is 4.81. The Labute approximate surface area is 176 Å². The number of likely N-dealkylation sites (tertiary alicyclic amines) is 1. The van der Waals surface area contributed by atoms with Crippen LogP contribution in [0.1, 0.15) is 41.5 Å². The fraction of sp³-hybridized carbons (Fsp3) is 0.333. The van der Waals surface area contributed by atoms with Gasteiger partial charge in [-0.05, 0) is 49.2 Å². The van der Waals surface area contributed by atoms with Gasteiger partial charge in [0.2, 0.25) is 11.6 Å². The van der Waals surface area contributed by atoms with Crippen molar-refractivity contribution in [3.63, 3.8) is 0 Å². The molecule has 12 heteroatoms. The van der Waals surface area contributed by atoms with Gasteiger partial charge >= 0.3 is 0 Å². The number of halogens is 1. The molecule has 3 heterocycles. The highest BCUT2D eigenvalue weighted by Crippen LogP contribution is 2.19. The number of hydrogen-bond donors (Lipinski definition) is 2. The van der Waals surface area contributed by atoms with Gasteiger partial charge in [-0.25, -0.2) is 10.1 Å². The highest BCUT2D eigenvalue weighted by molar-refractivity contribution is 6.34. The zero-order valence-electron chi connectivity index (χ0n) is 16.2. The number of carbonyl (C=O) groups is 1. The first-order chi connectivity index (χ1) is 14.5. The summed E-state index contributed by atoms with van der Waals surface area (Å²) in [4.78, 5) is 15.3. The van der Waals surface area contributed by atoms with Gasteiger partial charge in [0.15, 0.2) is 5.69 Å². The van der Waals surface area contributed by atoms with Crippen LogP contribution in [0.2, 0.25) is 5.02 Å². The Hall–Kier alpha value is -3.31. The van der Waals surface area contributed by atoms with E-state index >= 15 is 0 Å². The summed E-state index contributed by atoms with van der Waals surface area (Å²) in [6.07, 6.45) is 2.22. The molecule has 0 saturated carbocycles. The Bertz CT molecular complexity index is 1090. The summed E-state index contributed by atoms with van der Waals surface area (Å²) >= 11 is 6.20. The number of nitrogen functional groups attached to an aromatic ring is 1. The van der Waals surface area contributed by atoms with Gasteiger partial charge in [-0.3, -0.25) is 9.69 Å². The first-order valence-electron chi connectivity index (χ1n) is 9.39. The number of anilines is 1. The van der Waals surface area contributed by atoms with Crippen LogP contribution in [-0.4, -0.2) is 54.9 Å². The van der Waals surface area contributed by atoms with Gasteiger partial charge in [-0.15, -0.1) is 5.10 Å². The van der Waals surface area contributed by atoms with E-state index in [4.69, 9.17) is 17.3 Å². The minimum absolute atomic E-state index is 0.00239. The Balaban J connectivity index is 1.64. The Morgan fingerprint density at radius 3 is 2.77 bits per heavy atom. The number of nitrogens with one attached hydrogen (secondary N) is 1. The third-order valence-corrected chi connectivity index (χ3v) is 5.14. The number of hydrogen-bond acceptors (Lipinski definition) is 9. The molecule has 2 aromatic heterocycles. The number of rotatable bonds is 6. The monoisotopic (exact) mass is 429 g/mol. The summed E-state index contributed by atoms with van der Waals surface area (Å²) in [5.74, 6) is -0.424. The maximum Gasteiger partial charge on any atom is 0.292 e. The first-order valence-corrected chi connectivity index (χ1v) is 9.77. The minimum Gasteiger partial charge on any atom is -0.378 e. The molecule has 3 aromatic rings. The van der Waals surface area contributed by atoms with Crippen LogP contribution in [0.3, 0.4) is 0 Å². The summed E-state index contributed by atoms with van der Waals surface area (Å²) in [6.45, 7) is 4.10. The lowest BCUT2D eigenvalue weighted by Gasteiger charge is -2.13. The normalized spacial score (nSPS) is 14.9. The summed E-state index contributed by atoms with van der Waals surface area (Å²) in [5.41, 5.74) is 10.3. The summed E-state index contributed by atoms with van der Waals surface area (Å²) in [5, 5.41) is 20.2. The van der Waals surface area contributed by atoms with Gasteiger partial charge < -0.3 is 5.73 Å². The Kier molecular flexibility index (Phi) is 5.72. The summed E-state index contributed by atoms with van der Waals surface area (Å²) in [6, 6.07) is 7.24. The van der Waals surface area contributed by atoms with Crippen molar-refractivity contribution in [1.82, 2.24) is 35.6 Å². The van der Waals surface area contributed by atoms with Crippen molar-refractivity contribution in [2.24, 2.45) is 5.10 Å². The molecule has 11 nitrogen and oxygen atoms in total. The molecular weight excluding hydrogens is 410 g/mol. The minimum atomic E-state index is -0.511. The van der Waals surface area contributed by atoms with E-state index < -0.39 is 5.91 Å². The number of nitrogens with two attached hydrogens (primary N) is 1. The molecule has 0 radical (unpaired) electrons. The van der Waals surface area contributed by atoms with E-state index in [0.29, 0.717) is 28.5 Å². The standard InChI is InChI=1S/C18H20ClN9O2/c1-11(12-6-2-3-7-13(12)19)21-23-18(29)15-14(10-27-8-4-5-9-27)22-26-28(15)17-16(20)24-30-25-17/h2-3,6-7H,4-5,8-10H2,1H3,(H2,20,24)(H,23,29)/b21-11+. The fourth-order valence-electron chi connectivity index (χ4n) is 3.29. The average Bonchev–Trinajstić information content (AvgIpc) is 3.48. The van der Waals surface area contributed by atoms with Crippen molar-refractivity contribution in [3.8, 4) is 5.82 Å². The second-order valence-corrected chi connectivity index (χ2v) is 7.28. The number of aromatic nitrogens is 5. The molecule has 1 aliphatic rings. The van der Waals surface area contributed by atoms with Crippen LogP contribution in [0.25, 0.3) is 5.82 Å². The van der Waals surface area contributed by atoms with Crippen LogP contribution in [0, 0.1) is 0 Å². The number of benzene rings is 1. The predicted molar refractivity (Wildman–Crippen MR) is 109 cm³/mol. The van der Waals surface area contributed by atoms with Crippen molar-refractivity contribution >= 4 is 29.0 Å². The molecule has 0 spiro atoms. The van der Waals surface area contributed by atoms with E-state index in [-0.39, 0.29) is 17.3 Å². The van der Waals surface area contributed by atoms with Gasteiger partial charge in [-0.2, -0.15) is 9.78 Å². The van der Waals surface area contributed by atoms with E-state index in [2.05, 4.69) is 40.7 Å². The lowest BCUT2D eigenvalue weighted by molar-refractivity contribution is 0.0945. The van der Waals surface area contributed by atoms with Gasteiger partial charge in [0.25, 0.3) is 5.91 Å². The van der Waals surface area contributed by atoms with Crippen LogP contribution in [0.4, 0.5) is 5.82 Å². The molecule has 1 amide bonds. The van der Waals surface area contributed by atoms with Gasteiger partial charge in [-0.1, -0.05) is 35.0 Å². The molecule has 3 N–H and O–H groups in total. The highest BCUT2D eigenvalue weighted by Gasteiger charge is 2.27. The van der Waals surface area contributed by atoms with Crippen LogP contribution in [-0.2, 0) is 6.54 Å². The highest BCUT2D eigenvalue weighted by atomic mass is 35.5. The number of hydrazone groups is 1. The van der Waals surface area contributed by atoms with E-state index in [0.717, 1.165) is 25.9 Å². The predicted octanol–water partition coefficient (Wildman–Crippen LogP) is 1.64. The largest absolute Gasteiger partial charge is 0.378 e. The number of amides is 1. The molecule has 0 bridgehead atoms. The second-order valence-electron chi connectivity index (χ2n) is 6.87. The number of nitrogens with zero attached hydrogens (tertiary/aromatic N) is 7. The first kappa shape index (κ1) is 20.0. The fourth-order valence-corrected chi connectivity index (χ4v) is 3.56. The molecule has 30 heavy (non-hydrogen) atoms. The van der Waals surface area contributed by atoms with Gasteiger partial charge in [0.1, 0.15) is 5.69 Å². The molecule has 1 fully saturated rings. The average molecular weight is 430 g/mol. The molecule has 4 rings (SSSR count). The molecular formula is C18H20ClN9O2. The van der Waals surface area contributed by atoms with E-state index in [1.165, 1.54) is 4.68 Å². The summed E-state index contributed by atoms with van der Waals surface area (Å²) < 4.78 is 5.86. The third kappa shape index (κ3) is 4.02. The van der Waals surface area contributed by atoms with Gasteiger partial charge in [0.05, 0.1) is 5.71 Å². The van der Waals surface area contributed by atoms with Crippen molar-refractivity contribution in [2.45, 2.75) is 26.3 Å². The molecule has 0 aliphatic carbocycles. The Morgan fingerprint density at radius 2 is 2.07 bits per heavy atom. The molecule has 1 saturated heterocycles. The van der Waals surface area contributed by atoms with Crippen LogP contribution in [0.5, 0.6) is 0 Å². The van der Waals surface area contributed by atoms with Crippen LogP contribution < -0.4 is 11.2 Å². The van der Waals surface area contributed by atoms with Gasteiger partial charge in [0, 0.05) is 17.1 Å². The molecule has 156 valence electrons. The number of carbonyl (C=O) groups excluding carboxylic acids is 1. The quantitative estimate of drug-likeness (QED) is 0.445. The molecule has 1 aromatic carbocycles. The van der Waals surface area contributed by atoms with E-state index in [1.54, 1.807) is 13.0 Å². The Morgan fingerprint density at radius 1 is 1.30 bits per heavy atom. The zero-order valence-corrected chi connectivity index (χ0v) is 17.0. The SMILES string of the molecule is C/C(=N\NC(=O)c1c(CN2CCCC2)nnn1-c1nonc1N)c1ccccc1Cl. The van der Waals surface area contributed by atoms with Crippen molar-refractivity contribution in [2.75, 3.05) is 18.8 Å². The smallest absolute Gasteiger partial charge is 0.292 e. The zero-order chi connectivity index (χ0) is 21.1. The van der Waals surface area contributed by atoms with Crippen molar-refractivity contribution < 1.29 is 9.42 Å². The van der Waals surface area contributed by atoms with Crippen molar-refractivity contribution in [3.05, 3.63) is 46.2 Å². The second kappa shape index (κ2) is 8.59. The summed E-state index contributed by atoms with van der Waals surface area (Å²) in [7, 11) is 0. The lowest BCUT2D eigenvalue weighted by atomic mass is 10.1. The maximum absolute atomic E-state index is 13.1. The molecule has 1 aliphatic heterocycles. The van der Waals surface area contributed by atoms with Crippen LogP contribution >= 0.6 is 11.6 Å². The molecule has 0 atom stereocenters.